The van der Waals surface area contributed by atoms with Gasteiger partial charge in [0.05, 0.1) is 4.47 Å². The van der Waals surface area contributed by atoms with Crippen LogP contribution < -0.4 is 11.5 Å². The lowest BCUT2D eigenvalue weighted by Gasteiger charge is -2.13. The Balaban J connectivity index is 0.00000196. The fraction of sp³-hybridized carbons (Fsp3) is 0.333. The SMILES string of the molecule is Cl.NCC[C@@H](N)c1cc(Cl)cc(Br)c1O. The van der Waals surface area contributed by atoms with E-state index in [9.17, 15) is 5.11 Å². The summed E-state index contributed by atoms with van der Waals surface area (Å²) in [6, 6.07) is 2.99. The number of hydrogen-bond donors (Lipinski definition) is 3. The van der Waals surface area contributed by atoms with Crippen molar-refractivity contribution in [3.63, 3.8) is 0 Å². The number of nitrogens with two attached hydrogens (primary N) is 2. The predicted octanol–water partition coefficient (Wildman–Crippen LogP) is 2.58. The number of rotatable bonds is 3. The number of phenols is 1. The van der Waals surface area contributed by atoms with Crippen LogP contribution >= 0.6 is 39.9 Å². The van der Waals surface area contributed by atoms with Crippen LogP contribution in [0.1, 0.15) is 18.0 Å². The molecule has 15 heavy (non-hydrogen) atoms. The average Bonchev–Trinajstić information content (AvgIpc) is 2.11. The number of halogens is 3. The van der Waals surface area contributed by atoms with Crippen molar-refractivity contribution in [2.75, 3.05) is 6.54 Å². The summed E-state index contributed by atoms with van der Waals surface area (Å²) in [7, 11) is 0. The third kappa shape index (κ3) is 3.81. The van der Waals surface area contributed by atoms with Gasteiger partial charge in [-0.3, -0.25) is 0 Å². The first-order chi connectivity index (χ1) is 6.56. The minimum atomic E-state index is -0.282. The molecule has 0 spiro atoms. The first-order valence-corrected chi connectivity index (χ1v) is 5.37. The van der Waals surface area contributed by atoms with Crippen LogP contribution in [0.3, 0.4) is 0 Å². The van der Waals surface area contributed by atoms with E-state index in [1.54, 1.807) is 12.1 Å². The molecule has 1 atom stereocenters. The summed E-state index contributed by atoms with van der Waals surface area (Å²) in [5, 5.41) is 10.2. The highest BCUT2D eigenvalue weighted by Crippen LogP contribution is 2.34. The maximum absolute atomic E-state index is 9.69. The summed E-state index contributed by atoms with van der Waals surface area (Å²) in [6.45, 7) is 0.477. The van der Waals surface area contributed by atoms with Gasteiger partial charge in [0.1, 0.15) is 5.75 Å². The number of hydrogen-bond acceptors (Lipinski definition) is 3. The standard InChI is InChI=1S/C9H12BrClN2O.ClH/c10-7-4-5(11)3-6(9(7)14)8(13)1-2-12;/h3-4,8,14H,1-2,12-13H2;1H/t8-;/m1./s1. The second kappa shape index (κ2) is 6.55. The van der Waals surface area contributed by atoms with Gasteiger partial charge < -0.3 is 16.6 Å². The van der Waals surface area contributed by atoms with Crippen molar-refractivity contribution < 1.29 is 5.11 Å². The van der Waals surface area contributed by atoms with Crippen LogP contribution in [0.15, 0.2) is 16.6 Å². The fourth-order valence-electron chi connectivity index (χ4n) is 1.20. The summed E-state index contributed by atoms with van der Waals surface area (Å²) >= 11 is 9.03. The third-order valence-corrected chi connectivity index (χ3v) is 2.76. The Morgan fingerprint density at radius 2 is 2.07 bits per heavy atom. The van der Waals surface area contributed by atoms with Gasteiger partial charge in [-0.1, -0.05) is 11.6 Å². The molecule has 0 aromatic heterocycles. The van der Waals surface area contributed by atoms with Crippen molar-refractivity contribution in [2.45, 2.75) is 12.5 Å². The Hall–Kier alpha value is -0.000000000000000111. The molecule has 1 rings (SSSR count). The highest BCUT2D eigenvalue weighted by atomic mass is 79.9. The van der Waals surface area contributed by atoms with Crippen LogP contribution in [0, 0.1) is 0 Å². The molecule has 0 radical (unpaired) electrons. The van der Waals surface area contributed by atoms with E-state index < -0.39 is 0 Å². The predicted molar refractivity (Wildman–Crippen MR) is 68.7 cm³/mol. The normalized spacial score (nSPS) is 12.0. The van der Waals surface area contributed by atoms with Gasteiger partial charge in [0.25, 0.3) is 0 Å². The lowest BCUT2D eigenvalue weighted by Crippen LogP contribution is -2.15. The molecule has 0 heterocycles. The zero-order valence-electron chi connectivity index (χ0n) is 7.91. The molecule has 1 aromatic rings. The minimum absolute atomic E-state index is 0. The van der Waals surface area contributed by atoms with E-state index in [1.807, 2.05) is 0 Å². The average molecular weight is 316 g/mol. The largest absolute Gasteiger partial charge is 0.506 e. The van der Waals surface area contributed by atoms with Gasteiger partial charge in [0, 0.05) is 16.6 Å². The molecule has 6 heteroatoms. The lowest BCUT2D eigenvalue weighted by molar-refractivity contribution is 0.456. The van der Waals surface area contributed by atoms with E-state index >= 15 is 0 Å². The molecule has 0 fully saturated rings. The van der Waals surface area contributed by atoms with E-state index in [2.05, 4.69) is 15.9 Å². The van der Waals surface area contributed by atoms with Crippen LogP contribution in [-0.2, 0) is 0 Å². The second-order valence-electron chi connectivity index (χ2n) is 3.01. The van der Waals surface area contributed by atoms with Gasteiger partial charge >= 0.3 is 0 Å². The molecule has 0 saturated carbocycles. The van der Waals surface area contributed by atoms with Crippen LogP contribution in [0.4, 0.5) is 0 Å². The van der Waals surface area contributed by atoms with Crippen LogP contribution in [0.5, 0.6) is 5.75 Å². The van der Waals surface area contributed by atoms with Gasteiger partial charge in [-0.05, 0) is 41.0 Å². The molecule has 0 amide bonds. The topological polar surface area (TPSA) is 72.3 Å². The Labute approximate surface area is 108 Å². The quantitative estimate of drug-likeness (QED) is 0.802. The van der Waals surface area contributed by atoms with Gasteiger partial charge in [-0.25, -0.2) is 0 Å². The van der Waals surface area contributed by atoms with Gasteiger partial charge in [0.15, 0.2) is 0 Å². The van der Waals surface area contributed by atoms with Crippen molar-refractivity contribution in [3.05, 3.63) is 27.2 Å². The van der Waals surface area contributed by atoms with E-state index in [0.717, 1.165) is 0 Å². The molecule has 5 N–H and O–H groups in total. The first-order valence-electron chi connectivity index (χ1n) is 4.19. The van der Waals surface area contributed by atoms with Crippen molar-refractivity contribution in [1.29, 1.82) is 0 Å². The van der Waals surface area contributed by atoms with Gasteiger partial charge in [-0.15, -0.1) is 12.4 Å². The number of phenolic OH excluding ortho intramolecular Hbond substituents is 1. The zero-order chi connectivity index (χ0) is 10.7. The molecular weight excluding hydrogens is 303 g/mol. The smallest absolute Gasteiger partial charge is 0.134 e. The Kier molecular flexibility index (Phi) is 6.55. The number of aromatic hydroxyl groups is 1. The van der Waals surface area contributed by atoms with Crippen molar-refractivity contribution in [1.82, 2.24) is 0 Å². The van der Waals surface area contributed by atoms with Crippen LogP contribution in [-0.4, -0.2) is 11.7 Å². The maximum Gasteiger partial charge on any atom is 0.134 e. The first kappa shape index (κ1) is 15.0. The van der Waals surface area contributed by atoms with Gasteiger partial charge in [0.2, 0.25) is 0 Å². The maximum atomic E-state index is 9.69. The minimum Gasteiger partial charge on any atom is -0.506 e. The molecule has 0 aliphatic carbocycles. The van der Waals surface area contributed by atoms with Gasteiger partial charge in [-0.2, -0.15) is 0 Å². The molecule has 1 aromatic carbocycles. The molecule has 0 bridgehead atoms. The second-order valence-corrected chi connectivity index (χ2v) is 4.30. The van der Waals surface area contributed by atoms with E-state index in [1.165, 1.54) is 0 Å². The third-order valence-electron chi connectivity index (χ3n) is 1.93. The molecule has 86 valence electrons. The zero-order valence-corrected chi connectivity index (χ0v) is 11.1. The summed E-state index contributed by atoms with van der Waals surface area (Å²) in [6.07, 6.45) is 0.611. The molecule has 0 aliphatic rings. The van der Waals surface area contributed by atoms with Crippen molar-refractivity contribution >= 4 is 39.9 Å². The van der Waals surface area contributed by atoms with Crippen LogP contribution in [0.25, 0.3) is 0 Å². The molecule has 0 aliphatic heterocycles. The fourth-order valence-corrected chi connectivity index (χ4v) is 2.04. The summed E-state index contributed by atoms with van der Waals surface area (Å²) < 4.78 is 0.549. The van der Waals surface area contributed by atoms with Crippen molar-refractivity contribution in [2.24, 2.45) is 11.5 Å². The summed E-state index contributed by atoms with van der Waals surface area (Å²) in [4.78, 5) is 0. The van der Waals surface area contributed by atoms with Crippen LogP contribution in [0.2, 0.25) is 5.02 Å². The summed E-state index contributed by atoms with van der Waals surface area (Å²) in [5.41, 5.74) is 11.8. The van der Waals surface area contributed by atoms with E-state index in [4.69, 9.17) is 23.1 Å². The molecular formula is C9H13BrCl2N2O. The summed E-state index contributed by atoms with van der Waals surface area (Å²) in [5.74, 6) is 0.135. The van der Waals surface area contributed by atoms with E-state index in [-0.39, 0.29) is 24.2 Å². The number of benzene rings is 1. The highest BCUT2D eigenvalue weighted by Gasteiger charge is 2.13. The Morgan fingerprint density at radius 1 is 1.47 bits per heavy atom. The molecule has 0 unspecified atom stereocenters. The lowest BCUT2D eigenvalue weighted by atomic mass is 10.0. The Morgan fingerprint density at radius 3 is 2.60 bits per heavy atom. The monoisotopic (exact) mass is 314 g/mol. The van der Waals surface area contributed by atoms with Crippen molar-refractivity contribution in [3.8, 4) is 5.75 Å². The molecule has 3 nitrogen and oxygen atoms in total. The highest BCUT2D eigenvalue weighted by molar-refractivity contribution is 9.10. The van der Waals surface area contributed by atoms with E-state index in [0.29, 0.717) is 28.0 Å². The molecule has 0 saturated heterocycles. The Bertz CT molecular complexity index is 336.